The van der Waals surface area contributed by atoms with E-state index in [0.29, 0.717) is 0 Å². The molecule has 112 valence electrons. The molecule has 0 aliphatic carbocycles. The van der Waals surface area contributed by atoms with Gasteiger partial charge in [0.1, 0.15) is 0 Å². The fourth-order valence-corrected chi connectivity index (χ4v) is 4.10. The number of nitrogens with zero attached hydrogens (tertiary/aromatic N) is 2. The van der Waals surface area contributed by atoms with Crippen LogP contribution in [0.5, 0.6) is 0 Å². The number of rotatable bonds is 2. The van der Waals surface area contributed by atoms with Crippen LogP contribution in [0.25, 0.3) is 10.9 Å². The topological polar surface area (TPSA) is 28.2 Å². The lowest BCUT2D eigenvalue weighted by Gasteiger charge is -2.18. The second kappa shape index (κ2) is 6.21. The lowest BCUT2D eigenvalue weighted by molar-refractivity contribution is 0.306. The van der Waals surface area contributed by atoms with Gasteiger partial charge in [0.15, 0.2) is 0 Å². The second-order valence-electron chi connectivity index (χ2n) is 5.98. The Labute approximate surface area is 139 Å². The Morgan fingerprint density at radius 1 is 1.19 bits per heavy atom. The molecule has 0 saturated carbocycles. The summed E-state index contributed by atoms with van der Waals surface area (Å²) in [5.74, 6) is 1.70. The molecule has 2 fully saturated rings. The standard InChI is InChI=1S/C16H18BrN3.ClH/c17-15-4-3-11(16-14(15)2-1-5-19-16)8-20-9-12-6-18-7-13(12)10-20;/h1-5,12-13,18H,6-10H2;1H/t12-,13+;. The third kappa shape index (κ3) is 2.82. The largest absolute Gasteiger partial charge is 0.316 e. The Kier molecular flexibility index (Phi) is 4.50. The summed E-state index contributed by atoms with van der Waals surface area (Å²) in [7, 11) is 0. The van der Waals surface area contributed by atoms with Crippen molar-refractivity contribution in [3.63, 3.8) is 0 Å². The predicted molar refractivity (Wildman–Crippen MR) is 91.8 cm³/mol. The fraction of sp³-hybridized carbons (Fsp3) is 0.438. The maximum absolute atomic E-state index is 4.59. The van der Waals surface area contributed by atoms with Gasteiger partial charge in [-0.15, -0.1) is 12.4 Å². The molecule has 4 rings (SSSR count). The van der Waals surface area contributed by atoms with E-state index in [4.69, 9.17) is 0 Å². The first kappa shape index (κ1) is 15.2. The number of pyridine rings is 1. The minimum absolute atomic E-state index is 0. The van der Waals surface area contributed by atoms with Crippen molar-refractivity contribution in [2.45, 2.75) is 6.54 Å². The summed E-state index contributed by atoms with van der Waals surface area (Å²) >= 11 is 3.62. The van der Waals surface area contributed by atoms with Gasteiger partial charge in [0.2, 0.25) is 0 Å². The van der Waals surface area contributed by atoms with Crippen LogP contribution in [-0.4, -0.2) is 36.1 Å². The SMILES string of the molecule is Brc1ccc(CN2C[C@H]3CNC[C@H]3C2)c2ncccc12.Cl. The normalized spacial score (nSPS) is 25.0. The van der Waals surface area contributed by atoms with Gasteiger partial charge in [0, 0.05) is 35.7 Å². The minimum Gasteiger partial charge on any atom is -0.316 e. The predicted octanol–water partition coefficient (Wildman–Crippen LogP) is 3.07. The molecule has 3 nitrogen and oxygen atoms in total. The molecular weight excluding hydrogens is 350 g/mol. The van der Waals surface area contributed by atoms with E-state index in [2.05, 4.69) is 49.3 Å². The lowest BCUT2D eigenvalue weighted by Crippen LogP contribution is -2.25. The van der Waals surface area contributed by atoms with Crippen molar-refractivity contribution >= 4 is 39.2 Å². The van der Waals surface area contributed by atoms with Gasteiger partial charge in [-0.3, -0.25) is 9.88 Å². The molecule has 21 heavy (non-hydrogen) atoms. The van der Waals surface area contributed by atoms with Gasteiger partial charge in [-0.05, 0) is 42.6 Å². The summed E-state index contributed by atoms with van der Waals surface area (Å²) in [5, 5.41) is 4.71. The van der Waals surface area contributed by atoms with E-state index in [1.54, 1.807) is 0 Å². The number of hydrogen-bond donors (Lipinski definition) is 1. The van der Waals surface area contributed by atoms with Gasteiger partial charge < -0.3 is 5.32 Å². The highest BCUT2D eigenvalue weighted by atomic mass is 79.9. The van der Waals surface area contributed by atoms with Crippen LogP contribution in [0.2, 0.25) is 0 Å². The molecule has 5 heteroatoms. The summed E-state index contributed by atoms with van der Waals surface area (Å²) in [6.45, 7) is 5.86. The maximum Gasteiger partial charge on any atom is 0.0758 e. The molecule has 0 radical (unpaired) electrons. The van der Waals surface area contributed by atoms with E-state index in [-0.39, 0.29) is 12.4 Å². The quantitative estimate of drug-likeness (QED) is 0.883. The Morgan fingerprint density at radius 2 is 1.95 bits per heavy atom. The summed E-state index contributed by atoms with van der Waals surface area (Å²) < 4.78 is 1.13. The Bertz CT molecular complexity index is 636. The van der Waals surface area contributed by atoms with Crippen molar-refractivity contribution in [2.75, 3.05) is 26.2 Å². The summed E-state index contributed by atoms with van der Waals surface area (Å²) in [4.78, 5) is 7.18. The molecule has 2 atom stereocenters. The molecule has 0 amide bonds. The highest BCUT2D eigenvalue weighted by Crippen LogP contribution is 2.30. The van der Waals surface area contributed by atoms with Gasteiger partial charge in [0.05, 0.1) is 5.52 Å². The molecule has 2 aromatic rings. The Morgan fingerprint density at radius 3 is 2.71 bits per heavy atom. The molecule has 1 aromatic carbocycles. The van der Waals surface area contributed by atoms with Crippen molar-refractivity contribution in [3.05, 3.63) is 40.5 Å². The number of likely N-dealkylation sites (tertiary alicyclic amines) is 1. The van der Waals surface area contributed by atoms with E-state index < -0.39 is 0 Å². The van der Waals surface area contributed by atoms with Crippen molar-refractivity contribution in [1.29, 1.82) is 0 Å². The molecule has 1 N–H and O–H groups in total. The first-order valence-corrected chi connectivity index (χ1v) is 8.06. The molecule has 2 saturated heterocycles. The van der Waals surface area contributed by atoms with E-state index in [0.717, 1.165) is 28.4 Å². The highest BCUT2D eigenvalue weighted by molar-refractivity contribution is 9.10. The fourth-order valence-electron chi connectivity index (χ4n) is 3.65. The first-order valence-electron chi connectivity index (χ1n) is 7.26. The second-order valence-corrected chi connectivity index (χ2v) is 6.83. The monoisotopic (exact) mass is 367 g/mol. The van der Waals surface area contributed by atoms with Gasteiger partial charge in [-0.1, -0.05) is 28.1 Å². The van der Waals surface area contributed by atoms with Crippen LogP contribution < -0.4 is 5.32 Å². The Hall–Kier alpha value is -0.680. The van der Waals surface area contributed by atoms with Gasteiger partial charge >= 0.3 is 0 Å². The zero-order valence-electron chi connectivity index (χ0n) is 11.8. The van der Waals surface area contributed by atoms with Crippen molar-refractivity contribution in [1.82, 2.24) is 15.2 Å². The van der Waals surface area contributed by atoms with Crippen molar-refractivity contribution in [2.24, 2.45) is 11.8 Å². The van der Waals surface area contributed by atoms with Crippen LogP contribution in [0.4, 0.5) is 0 Å². The molecule has 1 aromatic heterocycles. The third-order valence-electron chi connectivity index (χ3n) is 4.66. The average Bonchev–Trinajstić information content (AvgIpc) is 3.03. The van der Waals surface area contributed by atoms with Crippen LogP contribution in [0.3, 0.4) is 0 Å². The van der Waals surface area contributed by atoms with Crippen LogP contribution in [0, 0.1) is 11.8 Å². The van der Waals surface area contributed by atoms with Crippen LogP contribution in [0.1, 0.15) is 5.56 Å². The number of aromatic nitrogens is 1. The summed E-state index contributed by atoms with van der Waals surface area (Å²) in [5.41, 5.74) is 2.48. The van der Waals surface area contributed by atoms with Crippen LogP contribution in [-0.2, 0) is 6.54 Å². The third-order valence-corrected chi connectivity index (χ3v) is 5.35. The minimum atomic E-state index is 0. The van der Waals surface area contributed by atoms with Crippen LogP contribution >= 0.6 is 28.3 Å². The molecule has 0 bridgehead atoms. The zero-order valence-corrected chi connectivity index (χ0v) is 14.2. The van der Waals surface area contributed by atoms with E-state index in [1.165, 1.54) is 37.1 Å². The number of hydrogen-bond acceptors (Lipinski definition) is 3. The van der Waals surface area contributed by atoms with Gasteiger partial charge in [-0.2, -0.15) is 0 Å². The van der Waals surface area contributed by atoms with Crippen molar-refractivity contribution in [3.8, 4) is 0 Å². The maximum atomic E-state index is 4.59. The average molecular weight is 369 g/mol. The van der Waals surface area contributed by atoms with Gasteiger partial charge in [0.25, 0.3) is 0 Å². The summed E-state index contributed by atoms with van der Waals surface area (Å²) in [6, 6.07) is 8.50. The van der Waals surface area contributed by atoms with Crippen molar-refractivity contribution < 1.29 is 0 Å². The molecule has 0 unspecified atom stereocenters. The number of nitrogens with one attached hydrogen (secondary N) is 1. The molecular formula is C16H19BrClN3. The van der Waals surface area contributed by atoms with E-state index >= 15 is 0 Å². The van der Waals surface area contributed by atoms with Gasteiger partial charge in [-0.25, -0.2) is 0 Å². The summed E-state index contributed by atoms with van der Waals surface area (Å²) in [6.07, 6.45) is 1.89. The Balaban J connectivity index is 0.00000132. The highest BCUT2D eigenvalue weighted by Gasteiger charge is 2.35. The molecule has 2 aliphatic rings. The molecule has 3 heterocycles. The molecule has 0 spiro atoms. The van der Waals surface area contributed by atoms with E-state index in [1.807, 2.05) is 12.3 Å². The molecule has 2 aliphatic heterocycles. The number of halogens is 2. The lowest BCUT2D eigenvalue weighted by atomic mass is 10.0. The first-order chi connectivity index (χ1) is 9.81. The number of benzene rings is 1. The van der Waals surface area contributed by atoms with Crippen LogP contribution in [0.15, 0.2) is 34.9 Å². The number of fused-ring (bicyclic) bond motifs is 2. The smallest absolute Gasteiger partial charge is 0.0758 e. The van der Waals surface area contributed by atoms with E-state index in [9.17, 15) is 0 Å². The zero-order chi connectivity index (χ0) is 13.5.